The fourth-order valence-electron chi connectivity index (χ4n) is 10.5. The third kappa shape index (κ3) is 3.81. The molecule has 1 fully saturated rings. The normalized spacial score (nSPS) is 17.1. The Hall–Kier alpha value is -6.44. The maximum Gasteiger partial charge on any atom is 0.0726 e. The molecule has 0 aliphatic heterocycles. The molecule has 0 radical (unpaired) electrons. The maximum absolute atomic E-state index is 2.63. The van der Waals surface area contributed by atoms with Crippen LogP contribution in [0.4, 0.5) is 17.1 Å². The average molecular weight is 674 g/mol. The van der Waals surface area contributed by atoms with E-state index in [1.165, 1.54) is 101 Å². The predicted octanol–water partition coefficient (Wildman–Crippen LogP) is 13.4. The molecule has 1 spiro atoms. The van der Waals surface area contributed by atoms with Gasteiger partial charge in [-0.05, 0) is 103 Å². The van der Waals surface area contributed by atoms with Gasteiger partial charge >= 0.3 is 0 Å². The summed E-state index contributed by atoms with van der Waals surface area (Å²) in [7, 11) is 0. The molecule has 53 heavy (non-hydrogen) atoms. The van der Waals surface area contributed by atoms with Gasteiger partial charge in [-0.1, -0.05) is 170 Å². The minimum Gasteiger partial charge on any atom is -0.309 e. The maximum atomic E-state index is 2.63. The average Bonchev–Trinajstić information content (AvgIpc) is 3.91. The van der Waals surface area contributed by atoms with E-state index < -0.39 is 5.41 Å². The zero-order valence-corrected chi connectivity index (χ0v) is 29.2. The molecule has 4 aliphatic rings. The van der Waals surface area contributed by atoms with Crippen LogP contribution in [0.15, 0.2) is 188 Å². The number of anilines is 3. The zero-order valence-electron chi connectivity index (χ0n) is 29.2. The van der Waals surface area contributed by atoms with E-state index in [1.54, 1.807) is 0 Å². The first kappa shape index (κ1) is 29.2. The summed E-state index contributed by atoms with van der Waals surface area (Å²) in [5.41, 5.74) is 22.3. The van der Waals surface area contributed by atoms with Crippen molar-refractivity contribution in [3.05, 3.63) is 221 Å². The largest absolute Gasteiger partial charge is 0.309 e. The van der Waals surface area contributed by atoms with Crippen LogP contribution in [-0.4, -0.2) is 0 Å². The molecular weight excluding hydrogens is 639 g/mol. The topological polar surface area (TPSA) is 3.24 Å². The molecule has 0 heterocycles. The van der Waals surface area contributed by atoms with Crippen molar-refractivity contribution in [3.63, 3.8) is 0 Å². The Morgan fingerprint density at radius 3 is 1.62 bits per heavy atom. The van der Waals surface area contributed by atoms with E-state index in [4.69, 9.17) is 0 Å². The summed E-state index contributed by atoms with van der Waals surface area (Å²) in [5, 5.41) is 0. The number of fused-ring (bicyclic) bond motifs is 16. The Labute approximate surface area is 310 Å². The van der Waals surface area contributed by atoms with Gasteiger partial charge in [-0.15, -0.1) is 0 Å². The molecule has 0 N–H and O–H groups in total. The van der Waals surface area contributed by atoms with Crippen molar-refractivity contribution < 1.29 is 0 Å². The number of benzene rings is 8. The molecule has 8 aromatic carbocycles. The number of nitrogens with zero attached hydrogens (tertiary/aromatic N) is 1. The summed E-state index contributed by atoms with van der Waals surface area (Å²) in [6.07, 6.45) is 1.20. The van der Waals surface area contributed by atoms with Gasteiger partial charge in [0.1, 0.15) is 0 Å². The van der Waals surface area contributed by atoms with E-state index in [-0.39, 0.29) is 0 Å². The number of rotatable bonds is 4. The lowest BCUT2D eigenvalue weighted by Crippen LogP contribution is -2.26. The zero-order chi connectivity index (χ0) is 34.7. The number of hydrogen-bond acceptors (Lipinski definition) is 1. The lowest BCUT2D eigenvalue weighted by Gasteiger charge is -2.34. The highest BCUT2D eigenvalue weighted by molar-refractivity contribution is 6.03. The first-order valence-electron chi connectivity index (χ1n) is 18.9. The van der Waals surface area contributed by atoms with E-state index >= 15 is 0 Å². The monoisotopic (exact) mass is 673 g/mol. The van der Waals surface area contributed by atoms with Gasteiger partial charge in [0.05, 0.1) is 22.5 Å². The van der Waals surface area contributed by atoms with Crippen LogP contribution in [0.25, 0.3) is 44.5 Å². The molecule has 4 aliphatic carbocycles. The molecule has 1 saturated carbocycles. The van der Waals surface area contributed by atoms with Crippen LogP contribution in [0.2, 0.25) is 0 Å². The van der Waals surface area contributed by atoms with Crippen molar-refractivity contribution in [3.8, 4) is 44.5 Å². The van der Waals surface area contributed by atoms with Gasteiger partial charge in [0.25, 0.3) is 0 Å². The van der Waals surface area contributed by atoms with Crippen LogP contribution in [0, 0.1) is 0 Å². The van der Waals surface area contributed by atoms with Crippen LogP contribution in [-0.2, 0) is 5.41 Å². The van der Waals surface area contributed by atoms with Crippen molar-refractivity contribution in [2.45, 2.75) is 23.7 Å². The summed E-state index contributed by atoms with van der Waals surface area (Å²) in [4.78, 5) is 2.63. The molecule has 12 rings (SSSR count). The molecular formula is C52H35N. The second-order valence-corrected chi connectivity index (χ2v) is 15.1. The Kier molecular flexibility index (Phi) is 5.94. The number of hydrogen-bond donors (Lipinski definition) is 0. The molecule has 0 bridgehead atoms. The molecule has 8 aromatic rings. The van der Waals surface area contributed by atoms with Crippen molar-refractivity contribution in [2.75, 3.05) is 4.90 Å². The van der Waals surface area contributed by atoms with Gasteiger partial charge in [0.2, 0.25) is 0 Å². The van der Waals surface area contributed by atoms with Crippen LogP contribution in [0.1, 0.15) is 51.6 Å². The number of para-hydroxylation sites is 1. The van der Waals surface area contributed by atoms with Gasteiger partial charge in [0, 0.05) is 11.1 Å². The van der Waals surface area contributed by atoms with Gasteiger partial charge < -0.3 is 4.90 Å². The highest BCUT2D eigenvalue weighted by Gasteiger charge is 2.53. The van der Waals surface area contributed by atoms with Crippen LogP contribution in [0.5, 0.6) is 0 Å². The smallest absolute Gasteiger partial charge is 0.0726 e. The lowest BCUT2D eigenvalue weighted by atomic mass is 9.70. The van der Waals surface area contributed by atoms with E-state index in [0.29, 0.717) is 11.8 Å². The quantitative estimate of drug-likeness (QED) is 0.180. The molecule has 248 valence electrons. The fraction of sp³-hybridized carbons (Fsp3) is 0.0769. The Bertz CT molecular complexity index is 2750. The summed E-state index contributed by atoms with van der Waals surface area (Å²) in [6, 6.07) is 70.6. The van der Waals surface area contributed by atoms with Crippen molar-refractivity contribution in [1.82, 2.24) is 0 Å². The summed E-state index contributed by atoms with van der Waals surface area (Å²) >= 11 is 0. The minimum atomic E-state index is -0.406. The van der Waals surface area contributed by atoms with Gasteiger partial charge in [-0.2, -0.15) is 0 Å². The highest BCUT2D eigenvalue weighted by Crippen LogP contribution is 2.67. The molecule has 1 heteroatoms. The summed E-state index contributed by atoms with van der Waals surface area (Å²) in [6.45, 7) is 0. The SMILES string of the molecule is c1ccc(-c2ccccc2N(c2cccc3c2-c2ccccc2C32c3ccccc3-c3ccccc32)c2cccc3c2C2CC2c2ccccc2-3)cc1. The van der Waals surface area contributed by atoms with E-state index in [9.17, 15) is 0 Å². The molecule has 2 atom stereocenters. The predicted molar refractivity (Wildman–Crippen MR) is 218 cm³/mol. The highest BCUT2D eigenvalue weighted by atomic mass is 15.2. The molecule has 0 saturated heterocycles. The molecule has 2 unspecified atom stereocenters. The van der Waals surface area contributed by atoms with Crippen molar-refractivity contribution in [2.24, 2.45) is 0 Å². The Morgan fingerprint density at radius 1 is 0.358 bits per heavy atom. The fourth-order valence-corrected chi connectivity index (χ4v) is 10.5. The molecule has 0 aromatic heterocycles. The van der Waals surface area contributed by atoms with E-state index in [1.807, 2.05) is 0 Å². The minimum absolute atomic E-state index is 0.406. The van der Waals surface area contributed by atoms with E-state index in [0.717, 1.165) is 0 Å². The van der Waals surface area contributed by atoms with Crippen molar-refractivity contribution >= 4 is 17.1 Å². The van der Waals surface area contributed by atoms with Gasteiger partial charge in [-0.25, -0.2) is 0 Å². The lowest BCUT2D eigenvalue weighted by molar-refractivity contribution is 0.793. The Balaban J connectivity index is 1.20. The van der Waals surface area contributed by atoms with Gasteiger partial charge in [0.15, 0.2) is 0 Å². The third-order valence-electron chi connectivity index (χ3n) is 12.6. The standard InChI is InChI=1S/C52H35N/c1-2-16-33(17-3-1)34-18-9-13-29-47(34)53(48-30-14-24-39-35-19-4-5-20-36(35)41-32-42(41)50(39)48)49-31-15-28-46-51(49)40-23-8-12-27-45(40)52(46)43-25-10-6-21-37(43)38-22-7-11-26-44(38)52/h1-31,41-42H,32H2. The first-order chi connectivity index (χ1) is 26.3. The third-order valence-corrected chi connectivity index (χ3v) is 12.6. The van der Waals surface area contributed by atoms with Gasteiger partial charge in [-0.3, -0.25) is 0 Å². The van der Waals surface area contributed by atoms with Crippen LogP contribution < -0.4 is 4.90 Å². The van der Waals surface area contributed by atoms with E-state index in [2.05, 4.69) is 193 Å². The first-order valence-corrected chi connectivity index (χ1v) is 18.9. The molecule has 1 nitrogen and oxygen atoms in total. The Morgan fingerprint density at radius 2 is 0.868 bits per heavy atom. The van der Waals surface area contributed by atoms with Crippen LogP contribution >= 0.6 is 0 Å². The second kappa shape index (κ2) is 10.8. The van der Waals surface area contributed by atoms with Crippen LogP contribution in [0.3, 0.4) is 0 Å². The molecule has 0 amide bonds. The summed E-state index contributed by atoms with van der Waals surface area (Å²) < 4.78 is 0. The second-order valence-electron chi connectivity index (χ2n) is 15.1. The van der Waals surface area contributed by atoms with Crippen molar-refractivity contribution in [1.29, 1.82) is 0 Å². The summed E-state index contributed by atoms with van der Waals surface area (Å²) in [5.74, 6) is 1.08.